The molecule has 7 heteroatoms. The van der Waals surface area contributed by atoms with Crippen LogP contribution in [0.4, 0.5) is 0 Å². The van der Waals surface area contributed by atoms with Crippen LogP contribution in [0.25, 0.3) is 0 Å². The highest BCUT2D eigenvalue weighted by Gasteiger charge is 2.19. The van der Waals surface area contributed by atoms with Crippen molar-refractivity contribution in [2.45, 2.75) is 161 Å². The standard InChI is InChI=1S/C29H56N2O5/c1-3-5-7-8-9-10-11-12-17-23-28(33)36-25(19-14-6-4-2)20-15-13-16-22-27(32)31-26(29(34)35)21-18-24-30/h25-26H,3-24,30H2,1-2H3,(H,31,32)(H,34,35). The Morgan fingerprint density at radius 1 is 0.694 bits per heavy atom. The lowest BCUT2D eigenvalue weighted by atomic mass is 10.0. The Kier molecular flexibility index (Phi) is 23.9. The number of carboxylic acids is 1. The van der Waals surface area contributed by atoms with Gasteiger partial charge in [-0.3, -0.25) is 9.59 Å². The summed E-state index contributed by atoms with van der Waals surface area (Å²) in [6.45, 7) is 4.81. The zero-order valence-electron chi connectivity index (χ0n) is 23.4. The Balaban J connectivity index is 4.12. The SMILES string of the molecule is CCCCCCCCCCCC(=O)OC(CCCCC)CCCCCC(=O)NC(CCCN)C(=O)O. The van der Waals surface area contributed by atoms with Gasteiger partial charge in [-0.15, -0.1) is 0 Å². The van der Waals surface area contributed by atoms with Gasteiger partial charge in [-0.1, -0.05) is 84.5 Å². The van der Waals surface area contributed by atoms with Gasteiger partial charge in [-0.2, -0.15) is 0 Å². The number of hydrogen-bond acceptors (Lipinski definition) is 5. The van der Waals surface area contributed by atoms with Crippen LogP contribution in [0.1, 0.15) is 149 Å². The summed E-state index contributed by atoms with van der Waals surface area (Å²) in [6.07, 6.45) is 20.3. The lowest BCUT2D eigenvalue weighted by Gasteiger charge is -2.18. The topological polar surface area (TPSA) is 119 Å². The van der Waals surface area contributed by atoms with Gasteiger partial charge in [0.15, 0.2) is 0 Å². The molecule has 0 aromatic rings. The number of esters is 1. The third kappa shape index (κ3) is 21.6. The maximum atomic E-state index is 12.4. The molecule has 2 unspecified atom stereocenters. The van der Waals surface area contributed by atoms with Gasteiger partial charge in [-0.05, 0) is 57.9 Å². The number of carbonyl (C=O) groups excluding carboxylic acids is 2. The number of nitrogens with two attached hydrogens (primary N) is 1. The number of carboxylic acid groups (broad SMARTS) is 1. The second-order valence-electron chi connectivity index (χ2n) is 10.2. The van der Waals surface area contributed by atoms with E-state index < -0.39 is 12.0 Å². The Bertz CT molecular complexity index is 556. The largest absolute Gasteiger partial charge is 0.480 e. The second-order valence-corrected chi connectivity index (χ2v) is 10.2. The second kappa shape index (κ2) is 25.0. The van der Waals surface area contributed by atoms with Crippen LogP contribution in [0.2, 0.25) is 0 Å². The highest BCUT2D eigenvalue weighted by molar-refractivity contribution is 5.83. The minimum atomic E-state index is -1.02. The molecule has 0 aromatic heterocycles. The van der Waals surface area contributed by atoms with Gasteiger partial charge in [0.05, 0.1) is 0 Å². The number of ether oxygens (including phenoxy) is 1. The van der Waals surface area contributed by atoms with Crippen molar-refractivity contribution in [1.29, 1.82) is 0 Å². The number of aliphatic carboxylic acids is 1. The molecule has 7 nitrogen and oxygen atoms in total. The Hall–Kier alpha value is -1.63. The molecule has 0 heterocycles. The molecule has 1 amide bonds. The maximum absolute atomic E-state index is 12.4. The molecule has 36 heavy (non-hydrogen) atoms. The van der Waals surface area contributed by atoms with Crippen LogP contribution in [0, 0.1) is 0 Å². The van der Waals surface area contributed by atoms with E-state index >= 15 is 0 Å². The lowest BCUT2D eigenvalue weighted by molar-refractivity contribution is -0.150. The number of rotatable bonds is 26. The summed E-state index contributed by atoms with van der Waals surface area (Å²) in [6, 6.07) is -0.866. The third-order valence-corrected chi connectivity index (χ3v) is 6.67. The van der Waals surface area contributed by atoms with Crippen LogP contribution in [0.5, 0.6) is 0 Å². The van der Waals surface area contributed by atoms with Crippen LogP contribution in [-0.4, -0.2) is 41.6 Å². The van der Waals surface area contributed by atoms with Gasteiger partial charge in [0.1, 0.15) is 12.1 Å². The molecule has 0 spiro atoms. The molecule has 0 aliphatic carbocycles. The molecule has 212 valence electrons. The number of nitrogens with one attached hydrogen (secondary N) is 1. The van der Waals surface area contributed by atoms with Gasteiger partial charge >= 0.3 is 11.9 Å². The average molecular weight is 513 g/mol. The third-order valence-electron chi connectivity index (χ3n) is 6.67. The molecule has 0 aliphatic heterocycles. The molecule has 0 aromatic carbocycles. The van der Waals surface area contributed by atoms with Gasteiger partial charge in [-0.25, -0.2) is 4.79 Å². The minimum absolute atomic E-state index is 0.0379. The number of amides is 1. The molecule has 0 saturated heterocycles. The van der Waals surface area contributed by atoms with Gasteiger partial charge in [0.2, 0.25) is 5.91 Å². The van der Waals surface area contributed by atoms with Crippen LogP contribution in [0.15, 0.2) is 0 Å². The highest BCUT2D eigenvalue weighted by atomic mass is 16.5. The quantitative estimate of drug-likeness (QED) is 0.0881. The van der Waals surface area contributed by atoms with E-state index in [-0.39, 0.29) is 18.0 Å². The van der Waals surface area contributed by atoms with Crippen LogP contribution < -0.4 is 11.1 Å². The number of unbranched alkanes of at least 4 members (excludes halogenated alkanes) is 12. The zero-order valence-corrected chi connectivity index (χ0v) is 23.4. The first-order chi connectivity index (χ1) is 17.4. The summed E-state index contributed by atoms with van der Waals surface area (Å²) in [5.74, 6) is -1.32. The Morgan fingerprint density at radius 2 is 1.19 bits per heavy atom. The lowest BCUT2D eigenvalue weighted by Crippen LogP contribution is -2.40. The van der Waals surface area contributed by atoms with Crippen LogP contribution >= 0.6 is 0 Å². The van der Waals surface area contributed by atoms with E-state index in [1.54, 1.807) is 0 Å². The van der Waals surface area contributed by atoms with E-state index in [2.05, 4.69) is 19.2 Å². The summed E-state index contributed by atoms with van der Waals surface area (Å²) in [7, 11) is 0. The molecule has 2 atom stereocenters. The van der Waals surface area contributed by atoms with Crippen LogP contribution in [-0.2, 0) is 19.1 Å². The molecule has 0 radical (unpaired) electrons. The smallest absolute Gasteiger partial charge is 0.326 e. The monoisotopic (exact) mass is 512 g/mol. The molecular formula is C29H56N2O5. The summed E-state index contributed by atoms with van der Waals surface area (Å²) < 4.78 is 5.82. The number of carbonyl (C=O) groups is 3. The van der Waals surface area contributed by atoms with E-state index in [1.165, 1.54) is 44.9 Å². The first kappa shape index (κ1) is 34.4. The van der Waals surface area contributed by atoms with Gasteiger partial charge in [0.25, 0.3) is 0 Å². The van der Waals surface area contributed by atoms with Crippen molar-refractivity contribution >= 4 is 17.8 Å². The van der Waals surface area contributed by atoms with E-state index in [0.717, 1.165) is 57.8 Å². The van der Waals surface area contributed by atoms with E-state index in [1.807, 2.05) is 0 Å². The summed E-state index contributed by atoms with van der Waals surface area (Å²) >= 11 is 0. The molecule has 0 aliphatic rings. The first-order valence-electron chi connectivity index (χ1n) is 14.9. The molecule has 0 rings (SSSR count). The summed E-state index contributed by atoms with van der Waals surface area (Å²) in [5, 5.41) is 11.8. The van der Waals surface area contributed by atoms with Crippen molar-refractivity contribution in [3.05, 3.63) is 0 Å². The Morgan fingerprint density at radius 3 is 1.78 bits per heavy atom. The normalized spacial score (nSPS) is 12.8. The molecule has 0 saturated carbocycles. The minimum Gasteiger partial charge on any atom is -0.480 e. The summed E-state index contributed by atoms with van der Waals surface area (Å²) in [4.78, 5) is 35.7. The maximum Gasteiger partial charge on any atom is 0.326 e. The van der Waals surface area contributed by atoms with Crippen molar-refractivity contribution in [3.63, 3.8) is 0 Å². The molecular weight excluding hydrogens is 456 g/mol. The fraction of sp³-hybridized carbons (Fsp3) is 0.897. The fourth-order valence-electron chi connectivity index (χ4n) is 4.39. The fourth-order valence-corrected chi connectivity index (χ4v) is 4.39. The Labute approximate surface area is 220 Å². The predicted octanol–water partition coefficient (Wildman–Crippen LogP) is 6.66. The van der Waals surface area contributed by atoms with E-state index in [0.29, 0.717) is 38.6 Å². The number of hydrogen-bond donors (Lipinski definition) is 3. The molecule has 4 N–H and O–H groups in total. The van der Waals surface area contributed by atoms with Crippen molar-refractivity contribution in [2.75, 3.05) is 6.54 Å². The van der Waals surface area contributed by atoms with Gasteiger partial charge in [0, 0.05) is 12.8 Å². The van der Waals surface area contributed by atoms with Crippen molar-refractivity contribution < 1.29 is 24.2 Å². The van der Waals surface area contributed by atoms with E-state index in [4.69, 9.17) is 10.5 Å². The first-order valence-corrected chi connectivity index (χ1v) is 14.9. The summed E-state index contributed by atoms with van der Waals surface area (Å²) in [5.41, 5.74) is 5.44. The van der Waals surface area contributed by atoms with Crippen molar-refractivity contribution in [3.8, 4) is 0 Å². The van der Waals surface area contributed by atoms with Crippen molar-refractivity contribution in [2.24, 2.45) is 5.73 Å². The predicted molar refractivity (Wildman–Crippen MR) is 147 cm³/mol. The van der Waals surface area contributed by atoms with E-state index in [9.17, 15) is 19.5 Å². The highest BCUT2D eigenvalue weighted by Crippen LogP contribution is 2.17. The van der Waals surface area contributed by atoms with Crippen molar-refractivity contribution in [1.82, 2.24) is 5.32 Å². The molecule has 0 bridgehead atoms. The average Bonchev–Trinajstić information content (AvgIpc) is 2.85. The van der Waals surface area contributed by atoms with Gasteiger partial charge < -0.3 is 20.9 Å². The molecule has 0 fully saturated rings. The van der Waals surface area contributed by atoms with Crippen LogP contribution in [0.3, 0.4) is 0 Å². The zero-order chi connectivity index (χ0) is 26.9.